The van der Waals surface area contributed by atoms with Crippen LogP contribution in [-0.4, -0.2) is 18.6 Å². The number of ether oxygens (including phenoxy) is 2. The molecule has 1 aromatic carbocycles. The molecule has 6 heteroatoms. The molecule has 0 spiro atoms. The summed E-state index contributed by atoms with van der Waals surface area (Å²) < 4.78 is 42.1. The maximum Gasteiger partial charge on any atom is 0.295 e. The van der Waals surface area contributed by atoms with Crippen molar-refractivity contribution in [3.63, 3.8) is 0 Å². The number of hydrogen-bond acceptors (Lipinski definition) is 4. The van der Waals surface area contributed by atoms with E-state index >= 15 is 0 Å². The van der Waals surface area contributed by atoms with Crippen LogP contribution in [0.4, 0.5) is 0 Å². The zero-order valence-corrected chi connectivity index (χ0v) is 18.7. The SMILES string of the molecule is CCCCCCCCCC1(C)CCc2cc(OC(C)=C=CS(=O)(=O)O)ccc2O1. The molecule has 0 aromatic heterocycles. The fourth-order valence-corrected chi connectivity index (χ4v) is 3.94. The van der Waals surface area contributed by atoms with Gasteiger partial charge in [-0.15, -0.1) is 0 Å². The van der Waals surface area contributed by atoms with Gasteiger partial charge in [0.15, 0.2) is 0 Å². The van der Waals surface area contributed by atoms with Crippen LogP contribution in [0.1, 0.15) is 84.1 Å². The van der Waals surface area contributed by atoms with Crippen LogP contribution in [0.15, 0.2) is 35.1 Å². The number of unbranched alkanes of at least 4 members (excludes halogenated alkanes) is 6. The Labute approximate surface area is 175 Å². The molecule has 0 fully saturated rings. The molecule has 0 radical (unpaired) electrons. The number of rotatable bonds is 11. The van der Waals surface area contributed by atoms with Crippen molar-refractivity contribution in [2.24, 2.45) is 0 Å². The zero-order chi connectivity index (χ0) is 21.3. The van der Waals surface area contributed by atoms with Gasteiger partial charge in [0, 0.05) is 6.92 Å². The van der Waals surface area contributed by atoms with Gasteiger partial charge in [0.25, 0.3) is 10.1 Å². The highest BCUT2D eigenvalue weighted by Gasteiger charge is 2.31. The molecule has 1 unspecified atom stereocenters. The average molecular weight is 423 g/mol. The summed E-state index contributed by atoms with van der Waals surface area (Å²) in [5, 5.41) is 0.582. The van der Waals surface area contributed by atoms with Gasteiger partial charge < -0.3 is 9.47 Å². The van der Waals surface area contributed by atoms with Crippen molar-refractivity contribution >= 4 is 10.1 Å². The lowest BCUT2D eigenvalue weighted by Crippen LogP contribution is -2.36. The third-order valence-electron chi connectivity index (χ3n) is 5.30. The maximum absolute atomic E-state index is 10.7. The van der Waals surface area contributed by atoms with Gasteiger partial charge in [0.05, 0.1) is 0 Å². The highest BCUT2D eigenvalue weighted by Crippen LogP contribution is 2.38. The summed E-state index contributed by atoms with van der Waals surface area (Å²) in [5.74, 6) is 1.74. The van der Waals surface area contributed by atoms with E-state index in [0.717, 1.165) is 30.6 Å². The van der Waals surface area contributed by atoms with Crippen LogP contribution < -0.4 is 9.47 Å². The van der Waals surface area contributed by atoms with Crippen LogP contribution in [0.3, 0.4) is 0 Å². The van der Waals surface area contributed by atoms with E-state index in [0.29, 0.717) is 11.2 Å². The van der Waals surface area contributed by atoms with E-state index in [4.69, 9.17) is 14.0 Å². The molecule has 0 aliphatic carbocycles. The minimum Gasteiger partial charge on any atom is -0.487 e. The Hall–Kier alpha value is -1.75. The van der Waals surface area contributed by atoms with Crippen molar-refractivity contribution in [2.45, 2.75) is 90.6 Å². The lowest BCUT2D eigenvalue weighted by Gasteiger charge is -2.36. The van der Waals surface area contributed by atoms with Crippen molar-refractivity contribution in [1.82, 2.24) is 0 Å². The Balaban J connectivity index is 1.89. The van der Waals surface area contributed by atoms with E-state index in [-0.39, 0.29) is 11.4 Å². The first-order chi connectivity index (χ1) is 13.7. The third-order valence-corrected chi connectivity index (χ3v) is 5.72. The lowest BCUT2D eigenvalue weighted by molar-refractivity contribution is 0.0533. The molecule has 1 heterocycles. The molecule has 1 atom stereocenters. The summed E-state index contributed by atoms with van der Waals surface area (Å²) >= 11 is 0. The van der Waals surface area contributed by atoms with Gasteiger partial charge >= 0.3 is 0 Å². The third kappa shape index (κ3) is 8.65. The topological polar surface area (TPSA) is 72.8 Å². The second kappa shape index (κ2) is 10.9. The zero-order valence-electron chi connectivity index (χ0n) is 17.9. The molecule has 1 aromatic rings. The summed E-state index contributed by atoms with van der Waals surface area (Å²) in [5.41, 5.74) is 3.38. The van der Waals surface area contributed by atoms with E-state index in [1.807, 2.05) is 12.1 Å². The second-order valence-corrected chi connectivity index (χ2v) is 9.39. The molecular formula is C23H34O5S. The van der Waals surface area contributed by atoms with Gasteiger partial charge in [-0.2, -0.15) is 8.42 Å². The summed E-state index contributed by atoms with van der Waals surface area (Å²) in [7, 11) is -4.21. The predicted molar refractivity (Wildman–Crippen MR) is 116 cm³/mol. The quantitative estimate of drug-likeness (QED) is 0.199. The highest BCUT2D eigenvalue weighted by atomic mass is 32.2. The van der Waals surface area contributed by atoms with E-state index in [1.165, 1.54) is 44.9 Å². The molecule has 29 heavy (non-hydrogen) atoms. The standard InChI is InChI=1S/C23H34O5S/c1-4-5-6-7-8-9-10-15-23(3)16-13-20-18-21(11-12-22(20)28-23)27-19(2)14-17-29(24,25)26/h11-12,17-18H,4-10,13,15-16H2,1-3H3,(H,24,25,26). The van der Waals surface area contributed by atoms with E-state index in [9.17, 15) is 8.42 Å². The minimum absolute atomic E-state index is 0.118. The van der Waals surface area contributed by atoms with Crippen molar-refractivity contribution in [3.05, 3.63) is 40.7 Å². The first-order valence-corrected chi connectivity index (χ1v) is 12.1. The highest BCUT2D eigenvalue weighted by molar-refractivity contribution is 7.88. The van der Waals surface area contributed by atoms with Gasteiger partial charge in [0.2, 0.25) is 0 Å². The van der Waals surface area contributed by atoms with Crippen LogP contribution in [0.5, 0.6) is 11.5 Å². The van der Waals surface area contributed by atoms with Gasteiger partial charge in [0.1, 0.15) is 28.3 Å². The van der Waals surface area contributed by atoms with Crippen LogP contribution >= 0.6 is 0 Å². The molecule has 1 N–H and O–H groups in total. The summed E-state index contributed by atoms with van der Waals surface area (Å²) in [4.78, 5) is 0. The Morgan fingerprint density at radius 2 is 1.93 bits per heavy atom. The molecule has 0 saturated heterocycles. The van der Waals surface area contributed by atoms with Crippen LogP contribution in [0, 0.1) is 0 Å². The smallest absolute Gasteiger partial charge is 0.295 e. The molecule has 0 bridgehead atoms. The molecule has 1 aliphatic heterocycles. The fraction of sp³-hybridized carbons (Fsp3) is 0.609. The minimum atomic E-state index is -4.21. The fourth-order valence-electron chi connectivity index (χ4n) is 3.63. The number of hydrogen-bond donors (Lipinski definition) is 1. The predicted octanol–water partition coefficient (Wildman–Crippen LogP) is 6.19. The number of fused-ring (bicyclic) bond motifs is 1. The second-order valence-electron chi connectivity index (χ2n) is 8.13. The van der Waals surface area contributed by atoms with Crippen LogP contribution in [0.2, 0.25) is 0 Å². The lowest BCUT2D eigenvalue weighted by atomic mass is 9.88. The Bertz CT molecular complexity index is 837. The maximum atomic E-state index is 10.7. The molecule has 2 rings (SSSR count). The van der Waals surface area contributed by atoms with Crippen LogP contribution in [0.25, 0.3) is 0 Å². The van der Waals surface area contributed by atoms with Crippen LogP contribution in [-0.2, 0) is 16.5 Å². The van der Waals surface area contributed by atoms with Crippen molar-refractivity contribution in [2.75, 3.05) is 0 Å². The molecular weight excluding hydrogens is 388 g/mol. The first-order valence-electron chi connectivity index (χ1n) is 10.6. The van der Waals surface area contributed by atoms with Gasteiger partial charge in [-0.3, -0.25) is 4.55 Å². The Morgan fingerprint density at radius 3 is 2.62 bits per heavy atom. The Kier molecular flexibility index (Phi) is 8.81. The average Bonchev–Trinajstić information content (AvgIpc) is 2.65. The van der Waals surface area contributed by atoms with Crippen molar-refractivity contribution in [1.29, 1.82) is 0 Å². The largest absolute Gasteiger partial charge is 0.487 e. The van der Waals surface area contributed by atoms with Gasteiger partial charge in [-0.1, -0.05) is 51.2 Å². The molecule has 0 saturated carbocycles. The van der Waals surface area contributed by atoms with Crippen molar-refractivity contribution < 1.29 is 22.4 Å². The van der Waals surface area contributed by atoms with Gasteiger partial charge in [-0.05, 0) is 56.4 Å². The summed E-state index contributed by atoms with van der Waals surface area (Å²) in [6.07, 6.45) is 12.1. The van der Waals surface area contributed by atoms with Gasteiger partial charge in [-0.25, -0.2) is 0 Å². The molecule has 1 aliphatic rings. The molecule has 5 nitrogen and oxygen atoms in total. The number of benzene rings is 1. The van der Waals surface area contributed by atoms with E-state index in [2.05, 4.69) is 19.6 Å². The van der Waals surface area contributed by atoms with Crippen molar-refractivity contribution in [3.8, 4) is 11.5 Å². The van der Waals surface area contributed by atoms with E-state index in [1.54, 1.807) is 13.0 Å². The number of aryl methyl sites for hydroxylation is 1. The summed E-state index contributed by atoms with van der Waals surface area (Å²) in [6, 6.07) is 5.63. The van der Waals surface area contributed by atoms with E-state index < -0.39 is 10.1 Å². The normalized spacial score (nSPS) is 18.3. The first kappa shape index (κ1) is 23.5. The Morgan fingerprint density at radius 1 is 1.24 bits per heavy atom. The number of allylic oxidation sites excluding steroid dienone is 1. The summed E-state index contributed by atoms with van der Waals surface area (Å²) in [6.45, 7) is 6.02. The molecule has 0 amide bonds. The molecule has 162 valence electrons. The monoisotopic (exact) mass is 422 g/mol.